The van der Waals surface area contributed by atoms with Crippen molar-refractivity contribution in [3.63, 3.8) is 0 Å². The van der Waals surface area contributed by atoms with Crippen LogP contribution in [-0.2, 0) is 0 Å². The normalized spacial score (nSPS) is 20.0. The molecule has 0 radical (unpaired) electrons. The van der Waals surface area contributed by atoms with Gasteiger partial charge in [-0.05, 0) is 38.1 Å². The van der Waals surface area contributed by atoms with Crippen molar-refractivity contribution in [3.05, 3.63) is 35.6 Å². The number of carbonyl (C=O) groups is 1. The van der Waals surface area contributed by atoms with Gasteiger partial charge in [0.1, 0.15) is 5.82 Å². The molecule has 0 spiro atoms. The van der Waals surface area contributed by atoms with Crippen molar-refractivity contribution in [3.8, 4) is 0 Å². The van der Waals surface area contributed by atoms with Crippen molar-refractivity contribution < 1.29 is 9.18 Å². The van der Waals surface area contributed by atoms with E-state index < -0.39 is 5.82 Å². The summed E-state index contributed by atoms with van der Waals surface area (Å²) >= 11 is 0. The number of nitrogens with zero attached hydrogens (tertiary/aromatic N) is 1. The topological polar surface area (TPSA) is 32.3 Å². The molecule has 1 N–H and O–H groups in total. The number of halogens is 1. The molecule has 0 bridgehead atoms. The summed E-state index contributed by atoms with van der Waals surface area (Å²) in [4.78, 5) is 14.2. The Morgan fingerprint density at radius 2 is 2.28 bits per heavy atom. The standard InChI is InChI=1S/C14H19FN2O/c1-2-17-9-5-6-11(17)10-16-14(18)12-7-3-4-8-13(12)15/h3-4,7-8,11H,2,5-6,9-10H2,1H3,(H,16,18). The fraction of sp³-hybridized carbons (Fsp3) is 0.500. The summed E-state index contributed by atoms with van der Waals surface area (Å²) < 4.78 is 13.4. The summed E-state index contributed by atoms with van der Waals surface area (Å²) in [5.74, 6) is -0.787. The van der Waals surface area contributed by atoms with Crippen molar-refractivity contribution in [2.75, 3.05) is 19.6 Å². The number of hydrogen-bond acceptors (Lipinski definition) is 2. The number of likely N-dealkylation sites (N-methyl/N-ethyl adjacent to an activating group) is 1. The molecule has 1 aromatic rings. The van der Waals surface area contributed by atoms with Crippen molar-refractivity contribution >= 4 is 5.91 Å². The third kappa shape index (κ3) is 2.88. The van der Waals surface area contributed by atoms with Crippen LogP contribution in [0, 0.1) is 5.82 Å². The van der Waals surface area contributed by atoms with Crippen LogP contribution < -0.4 is 5.32 Å². The van der Waals surface area contributed by atoms with E-state index in [0.29, 0.717) is 12.6 Å². The van der Waals surface area contributed by atoms with E-state index in [4.69, 9.17) is 0 Å². The van der Waals surface area contributed by atoms with Crippen molar-refractivity contribution in [1.29, 1.82) is 0 Å². The van der Waals surface area contributed by atoms with Gasteiger partial charge in [0.05, 0.1) is 5.56 Å². The fourth-order valence-corrected chi connectivity index (χ4v) is 2.49. The maximum atomic E-state index is 13.4. The minimum Gasteiger partial charge on any atom is -0.350 e. The highest BCUT2D eigenvalue weighted by molar-refractivity contribution is 5.94. The van der Waals surface area contributed by atoms with Gasteiger partial charge in [-0.1, -0.05) is 19.1 Å². The van der Waals surface area contributed by atoms with Crippen LogP contribution in [0.4, 0.5) is 4.39 Å². The van der Waals surface area contributed by atoms with Gasteiger partial charge in [-0.2, -0.15) is 0 Å². The number of carbonyl (C=O) groups excluding carboxylic acids is 1. The van der Waals surface area contributed by atoms with Gasteiger partial charge in [0.25, 0.3) is 5.91 Å². The average molecular weight is 250 g/mol. The van der Waals surface area contributed by atoms with Gasteiger partial charge in [0.15, 0.2) is 0 Å². The molecule has 3 nitrogen and oxygen atoms in total. The zero-order chi connectivity index (χ0) is 13.0. The molecule has 98 valence electrons. The first-order valence-corrected chi connectivity index (χ1v) is 6.49. The Morgan fingerprint density at radius 1 is 1.50 bits per heavy atom. The Morgan fingerprint density at radius 3 is 3.00 bits per heavy atom. The molecule has 1 aliphatic rings. The summed E-state index contributed by atoms with van der Waals surface area (Å²) in [7, 11) is 0. The number of hydrogen-bond donors (Lipinski definition) is 1. The first kappa shape index (κ1) is 13.0. The number of amides is 1. The zero-order valence-corrected chi connectivity index (χ0v) is 10.7. The monoisotopic (exact) mass is 250 g/mol. The lowest BCUT2D eigenvalue weighted by Gasteiger charge is -2.22. The van der Waals surface area contributed by atoms with E-state index in [1.54, 1.807) is 12.1 Å². The molecular formula is C14H19FN2O. The van der Waals surface area contributed by atoms with Crippen molar-refractivity contribution in [2.45, 2.75) is 25.8 Å². The predicted molar refractivity (Wildman–Crippen MR) is 69.0 cm³/mol. The Bertz CT molecular complexity index is 422. The molecule has 1 aromatic carbocycles. The first-order chi connectivity index (χ1) is 8.72. The second kappa shape index (κ2) is 5.96. The van der Waals surface area contributed by atoms with Gasteiger partial charge in [0.2, 0.25) is 0 Å². The van der Waals surface area contributed by atoms with Gasteiger partial charge in [-0.15, -0.1) is 0 Å². The van der Waals surface area contributed by atoms with Crippen LogP contribution in [0.25, 0.3) is 0 Å². The number of benzene rings is 1. The Hall–Kier alpha value is -1.42. The number of rotatable bonds is 4. The molecule has 1 unspecified atom stereocenters. The second-order valence-electron chi connectivity index (χ2n) is 4.61. The van der Waals surface area contributed by atoms with Crippen LogP contribution in [0.2, 0.25) is 0 Å². The first-order valence-electron chi connectivity index (χ1n) is 6.49. The van der Waals surface area contributed by atoms with Crippen molar-refractivity contribution in [2.24, 2.45) is 0 Å². The summed E-state index contributed by atoms with van der Waals surface area (Å²) in [6, 6.07) is 6.47. The molecule has 1 atom stereocenters. The second-order valence-corrected chi connectivity index (χ2v) is 4.61. The highest BCUT2D eigenvalue weighted by Crippen LogP contribution is 2.15. The van der Waals surface area contributed by atoms with Crippen molar-refractivity contribution in [1.82, 2.24) is 10.2 Å². The lowest BCUT2D eigenvalue weighted by molar-refractivity contribution is 0.0937. The van der Waals surface area contributed by atoms with Crippen LogP contribution in [0.5, 0.6) is 0 Å². The van der Waals surface area contributed by atoms with E-state index in [2.05, 4.69) is 17.1 Å². The van der Waals surface area contributed by atoms with E-state index >= 15 is 0 Å². The highest BCUT2D eigenvalue weighted by Gasteiger charge is 2.23. The van der Waals surface area contributed by atoms with E-state index in [9.17, 15) is 9.18 Å². The maximum absolute atomic E-state index is 13.4. The molecule has 1 fully saturated rings. The molecule has 0 aromatic heterocycles. The van der Waals surface area contributed by atoms with E-state index in [1.165, 1.54) is 18.6 Å². The van der Waals surface area contributed by atoms with E-state index in [-0.39, 0.29) is 11.5 Å². The quantitative estimate of drug-likeness (QED) is 0.887. The fourth-order valence-electron chi connectivity index (χ4n) is 2.49. The maximum Gasteiger partial charge on any atom is 0.254 e. The summed E-state index contributed by atoms with van der Waals surface area (Å²) in [5, 5.41) is 2.83. The van der Waals surface area contributed by atoms with Crippen LogP contribution >= 0.6 is 0 Å². The summed E-state index contributed by atoms with van der Waals surface area (Å²) in [6.45, 7) is 4.81. The average Bonchev–Trinajstić information content (AvgIpc) is 2.84. The summed E-state index contributed by atoms with van der Waals surface area (Å²) in [5.41, 5.74) is 0.124. The molecule has 2 rings (SSSR count). The number of likely N-dealkylation sites (tertiary alicyclic amines) is 1. The molecule has 1 heterocycles. The lowest BCUT2D eigenvalue weighted by atomic mass is 10.2. The Kier molecular flexibility index (Phi) is 4.31. The van der Waals surface area contributed by atoms with Gasteiger partial charge in [0, 0.05) is 12.6 Å². The SMILES string of the molecule is CCN1CCCC1CNC(=O)c1ccccc1F. The van der Waals surface area contributed by atoms with Crippen LogP contribution in [-0.4, -0.2) is 36.5 Å². The Balaban J connectivity index is 1.91. The molecule has 4 heteroatoms. The van der Waals surface area contributed by atoms with Crippen LogP contribution in [0.15, 0.2) is 24.3 Å². The van der Waals surface area contributed by atoms with Gasteiger partial charge in [-0.25, -0.2) is 4.39 Å². The zero-order valence-electron chi connectivity index (χ0n) is 10.7. The smallest absolute Gasteiger partial charge is 0.254 e. The van der Waals surface area contributed by atoms with Crippen LogP contribution in [0.1, 0.15) is 30.1 Å². The molecule has 0 aliphatic carbocycles. The largest absolute Gasteiger partial charge is 0.350 e. The summed E-state index contributed by atoms with van der Waals surface area (Å²) in [6.07, 6.45) is 2.28. The predicted octanol–water partition coefficient (Wildman–Crippen LogP) is 2.04. The third-order valence-corrected chi connectivity index (χ3v) is 3.52. The molecular weight excluding hydrogens is 231 g/mol. The highest BCUT2D eigenvalue weighted by atomic mass is 19.1. The van der Waals surface area contributed by atoms with Crippen LogP contribution in [0.3, 0.4) is 0 Å². The van der Waals surface area contributed by atoms with E-state index in [1.807, 2.05) is 0 Å². The van der Waals surface area contributed by atoms with E-state index in [0.717, 1.165) is 19.5 Å². The minimum absolute atomic E-state index is 0.124. The lowest BCUT2D eigenvalue weighted by Crippen LogP contribution is -2.40. The molecule has 1 aliphatic heterocycles. The minimum atomic E-state index is -0.464. The third-order valence-electron chi connectivity index (χ3n) is 3.52. The van der Waals surface area contributed by atoms with Gasteiger partial charge >= 0.3 is 0 Å². The molecule has 18 heavy (non-hydrogen) atoms. The molecule has 1 saturated heterocycles. The number of nitrogens with one attached hydrogen (secondary N) is 1. The van der Waals surface area contributed by atoms with Gasteiger partial charge < -0.3 is 5.32 Å². The van der Waals surface area contributed by atoms with Gasteiger partial charge in [-0.3, -0.25) is 9.69 Å². The molecule has 1 amide bonds. The molecule has 0 saturated carbocycles. The Labute approximate surface area is 107 Å².